The van der Waals surface area contributed by atoms with E-state index in [9.17, 15) is 0 Å². The van der Waals surface area contributed by atoms with E-state index in [-0.39, 0.29) is 5.54 Å². The van der Waals surface area contributed by atoms with Crippen LogP contribution in [0.2, 0.25) is 5.02 Å². The number of nitrogens with one attached hydrogen (secondary N) is 2. The standard InChI is InChI=1S/C20H22ClN3O2/c21-15-4-3-5-16(14-15)26-13-10-22-19-20(8-11-25-12-9-20)24-18-7-2-1-6-17(18)23-19/h1-7,14,24H,8-13H2,(H,22,23). The van der Waals surface area contributed by atoms with Gasteiger partial charge in [0.15, 0.2) is 0 Å². The number of anilines is 2. The summed E-state index contributed by atoms with van der Waals surface area (Å²) >= 11 is 5.99. The molecule has 0 radical (unpaired) electrons. The fourth-order valence-corrected chi connectivity index (χ4v) is 3.60. The largest absolute Gasteiger partial charge is 0.492 e. The Labute approximate surface area is 158 Å². The Balaban J connectivity index is 1.48. The number of ether oxygens (including phenoxy) is 2. The van der Waals surface area contributed by atoms with Gasteiger partial charge in [-0.1, -0.05) is 29.8 Å². The van der Waals surface area contributed by atoms with Crippen molar-refractivity contribution in [3.8, 4) is 5.75 Å². The van der Waals surface area contributed by atoms with Gasteiger partial charge in [0.05, 0.1) is 23.5 Å². The van der Waals surface area contributed by atoms with Gasteiger partial charge in [-0.25, -0.2) is 0 Å². The van der Waals surface area contributed by atoms with Crippen molar-refractivity contribution in [2.45, 2.75) is 18.4 Å². The van der Waals surface area contributed by atoms with Crippen LogP contribution < -0.4 is 15.4 Å². The molecule has 0 saturated carbocycles. The molecule has 0 aromatic heterocycles. The van der Waals surface area contributed by atoms with Crippen LogP contribution in [0.3, 0.4) is 0 Å². The molecule has 4 rings (SSSR count). The van der Waals surface area contributed by atoms with Crippen molar-refractivity contribution in [3.05, 3.63) is 53.6 Å². The average molecular weight is 372 g/mol. The highest BCUT2D eigenvalue weighted by Gasteiger charge is 2.41. The van der Waals surface area contributed by atoms with Gasteiger partial charge >= 0.3 is 0 Å². The Kier molecular flexibility index (Phi) is 5.00. The number of aliphatic imine (C=N–C) groups is 1. The summed E-state index contributed by atoms with van der Waals surface area (Å²) in [4.78, 5) is 4.83. The van der Waals surface area contributed by atoms with Gasteiger partial charge in [0.25, 0.3) is 0 Å². The topological polar surface area (TPSA) is 54.9 Å². The summed E-state index contributed by atoms with van der Waals surface area (Å²) in [5, 5.41) is 7.89. The van der Waals surface area contributed by atoms with Crippen molar-refractivity contribution in [1.82, 2.24) is 0 Å². The van der Waals surface area contributed by atoms with Crippen LogP contribution in [0, 0.1) is 0 Å². The van der Waals surface area contributed by atoms with Crippen LogP contribution >= 0.6 is 11.6 Å². The Morgan fingerprint density at radius 3 is 2.69 bits per heavy atom. The van der Waals surface area contributed by atoms with Gasteiger partial charge in [0.1, 0.15) is 18.2 Å². The minimum Gasteiger partial charge on any atom is -0.492 e. The van der Waals surface area contributed by atoms with Crippen molar-refractivity contribution < 1.29 is 9.47 Å². The molecule has 2 aromatic rings. The zero-order valence-electron chi connectivity index (χ0n) is 14.5. The van der Waals surface area contributed by atoms with E-state index in [4.69, 9.17) is 26.1 Å². The molecule has 6 heteroatoms. The summed E-state index contributed by atoms with van der Waals surface area (Å²) in [6, 6.07) is 15.6. The number of hydrogen-bond donors (Lipinski definition) is 2. The number of amidine groups is 1. The lowest BCUT2D eigenvalue weighted by Gasteiger charge is -2.43. The molecule has 5 nitrogen and oxygen atoms in total. The molecule has 0 bridgehead atoms. The van der Waals surface area contributed by atoms with E-state index in [1.807, 2.05) is 36.4 Å². The Morgan fingerprint density at radius 1 is 1.08 bits per heavy atom. The molecule has 1 fully saturated rings. The fourth-order valence-electron chi connectivity index (χ4n) is 3.42. The fraction of sp³-hybridized carbons (Fsp3) is 0.350. The van der Waals surface area contributed by atoms with E-state index >= 15 is 0 Å². The molecular formula is C20H22ClN3O2. The number of fused-ring (bicyclic) bond motifs is 1. The molecule has 1 spiro atoms. The minimum atomic E-state index is -0.192. The summed E-state index contributed by atoms with van der Waals surface area (Å²) < 4.78 is 11.3. The van der Waals surface area contributed by atoms with Crippen LogP contribution in [-0.4, -0.2) is 37.7 Å². The molecule has 0 unspecified atom stereocenters. The maximum Gasteiger partial charge on any atom is 0.127 e. The second kappa shape index (κ2) is 7.56. The van der Waals surface area contributed by atoms with Gasteiger partial charge < -0.3 is 20.1 Å². The maximum absolute atomic E-state index is 5.99. The van der Waals surface area contributed by atoms with E-state index in [0.717, 1.165) is 49.0 Å². The monoisotopic (exact) mass is 371 g/mol. The first-order valence-electron chi connectivity index (χ1n) is 8.90. The molecule has 136 valence electrons. The van der Waals surface area contributed by atoms with Gasteiger partial charge in [0, 0.05) is 31.1 Å². The number of benzene rings is 2. The smallest absolute Gasteiger partial charge is 0.127 e. The zero-order chi connectivity index (χ0) is 17.8. The second-order valence-corrected chi connectivity index (χ2v) is 6.96. The number of rotatable bonds is 4. The lowest BCUT2D eigenvalue weighted by molar-refractivity contribution is 0.0778. The van der Waals surface area contributed by atoms with Gasteiger partial charge in [-0.05, 0) is 30.3 Å². The molecule has 2 aliphatic heterocycles. The summed E-state index contributed by atoms with van der Waals surface area (Å²) in [7, 11) is 0. The van der Waals surface area contributed by atoms with Gasteiger partial charge in [-0.2, -0.15) is 0 Å². The molecule has 2 N–H and O–H groups in total. The van der Waals surface area contributed by atoms with Crippen LogP contribution in [-0.2, 0) is 4.74 Å². The first-order valence-corrected chi connectivity index (χ1v) is 9.28. The van der Waals surface area contributed by atoms with Crippen LogP contribution in [0.25, 0.3) is 0 Å². The summed E-state index contributed by atoms with van der Waals surface area (Å²) in [6.07, 6.45) is 1.78. The maximum atomic E-state index is 5.99. The van der Waals surface area contributed by atoms with Gasteiger partial charge in [-0.15, -0.1) is 0 Å². The molecule has 2 aliphatic rings. The van der Waals surface area contributed by atoms with Crippen molar-refractivity contribution in [2.75, 3.05) is 37.0 Å². The third-order valence-corrected chi connectivity index (χ3v) is 5.01. The van der Waals surface area contributed by atoms with Crippen LogP contribution in [0.5, 0.6) is 5.75 Å². The number of halogens is 1. The summed E-state index contributed by atoms with van der Waals surface area (Å²) in [5.41, 5.74) is 1.98. The zero-order valence-corrected chi connectivity index (χ0v) is 15.3. The van der Waals surface area contributed by atoms with E-state index in [1.165, 1.54) is 0 Å². The van der Waals surface area contributed by atoms with Crippen molar-refractivity contribution in [2.24, 2.45) is 4.99 Å². The van der Waals surface area contributed by atoms with Gasteiger partial charge in [0.2, 0.25) is 0 Å². The first kappa shape index (κ1) is 17.2. The average Bonchev–Trinajstić information content (AvgIpc) is 2.66. The predicted octanol–water partition coefficient (Wildman–Crippen LogP) is 4.20. The molecule has 0 atom stereocenters. The molecular weight excluding hydrogens is 350 g/mol. The number of hydrogen-bond acceptors (Lipinski definition) is 4. The molecule has 0 amide bonds. The number of para-hydroxylation sites is 2. The highest BCUT2D eigenvalue weighted by atomic mass is 35.5. The van der Waals surface area contributed by atoms with E-state index in [1.54, 1.807) is 0 Å². The first-order chi connectivity index (χ1) is 12.8. The van der Waals surface area contributed by atoms with E-state index in [0.29, 0.717) is 18.2 Å². The highest BCUT2D eigenvalue weighted by molar-refractivity contribution is 6.30. The minimum absolute atomic E-state index is 0.192. The van der Waals surface area contributed by atoms with Gasteiger partial charge in [-0.3, -0.25) is 4.99 Å². The third kappa shape index (κ3) is 3.64. The van der Waals surface area contributed by atoms with E-state index in [2.05, 4.69) is 22.8 Å². The van der Waals surface area contributed by atoms with Crippen LogP contribution in [0.1, 0.15) is 12.8 Å². The summed E-state index contributed by atoms with van der Waals surface area (Å²) in [5.74, 6) is 1.73. The molecule has 26 heavy (non-hydrogen) atoms. The molecule has 2 aromatic carbocycles. The summed E-state index contributed by atoms with van der Waals surface area (Å²) in [6.45, 7) is 2.53. The molecule has 0 aliphatic carbocycles. The van der Waals surface area contributed by atoms with Crippen molar-refractivity contribution >= 4 is 28.8 Å². The lowest BCUT2D eigenvalue weighted by Crippen LogP contribution is -2.55. The third-order valence-electron chi connectivity index (χ3n) is 4.78. The lowest BCUT2D eigenvalue weighted by atomic mass is 9.86. The Bertz CT molecular complexity index is 803. The van der Waals surface area contributed by atoms with E-state index < -0.39 is 0 Å². The quantitative estimate of drug-likeness (QED) is 0.791. The highest BCUT2D eigenvalue weighted by Crippen LogP contribution is 2.36. The SMILES string of the molecule is Clc1cccc(OCCN=C2Nc3ccccc3NC23CCOCC3)c1. The Morgan fingerprint density at radius 2 is 1.88 bits per heavy atom. The van der Waals surface area contributed by atoms with Crippen LogP contribution in [0.15, 0.2) is 53.5 Å². The second-order valence-electron chi connectivity index (χ2n) is 6.53. The van der Waals surface area contributed by atoms with Crippen molar-refractivity contribution in [1.29, 1.82) is 0 Å². The molecule has 1 saturated heterocycles. The van der Waals surface area contributed by atoms with Crippen LogP contribution in [0.4, 0.5) is 11.4 Å². The van der Waals surface area contributed by atoms with Crippen molar-refractivity contribution in [3.63, 3.8) is 0 Å². The number of nitrogens with zero attached hydrogens (tertiary/aromatic N) is 1. The molecule has 2 heterocycles. The predicted molar refractivity (Wildman–Crippen MR) is 106 cm³/mol. The normalized spacial score (nSPS) is 19.5. The Hall–Kier alpha value is -2.24.